The monoisotopic (exact) mass is 334 g/mol. The molecule has 0 atom stereocenters. The Morgan fingerprint density at radius 2 is 1.12 bits per heavy atom. The minimum atomic E-state index is 0.967. The fourth-order valence-corrected chi connectivity index (χ4v) is 4.38. The summed E-state index contributed by atoms with van der Waals surface area (Å²) < 4.78 is 0. The van der Waals surface area contributed by atoms with Gasteiger partial charge in [0.05, 0.1) is 0 Å². The molecule has 2 aromatic rings. The Labute approximate surface area is 154 Å². The Balaban J connectivity index is 1.49. The van der Waals surface area contributed by atoms with E-state index in [-0.39, 0.29) is 0 Å². The molecule has 0 radical (unpaired) electrons. The Morgan fingerprint density at radius 1 is 0.640 bits per heavy atom. The van der Waals surface area contributed by atoms with E-state index >= 15 is 0 Å². The van der Waals surface area contributed by atoms with E-state index in [4.69, 9.17) is 0 Å². The first-order valence-electron chi connectivity index (χ1n) is 10.5. The van der Waals surface area contributed by atoms with Crippen LogP contribution in [0.1, 0.15) is 69.9 Å². The smallest absolute Gasteiger partial charge is 0.0184 e. The largest absolute Gasteiger partial charge is 0.0654 e. The summed E-state index contributed by atoms with van der Waals surface area (Å²) in [6.45, 7) is 4.54. The van der Waals surface area contributed by atoms with E-state index < -0.39 is 0 Å². The molecule has 0 heteroatoms. The molecule has 1 aliphatic carbocycles. The molecule has 0 N–H and O–H groups in total. The summed E-state index contributed by atoms with van der Waals surface area (Å²) >= 11 is 0. The molecular weight excluding hydrogens is 300 g/mol. The maximum atomic E-state index is 2.34. The van der Waals surface area contributed by atoms with Gasteiger partial charge in [0.2, 0.25) is 0 Å². The molecule has 0 heterocycles. The van der Waals surface area contributed by atoms with Crippen LogP contribution in [0.25, 0.3) is 11.1 Å². The van der Waals surface area contributed by atoms with Crippen molar-refractivity contribution in [3.63, 3.8) is 0 Å². The van der Waals surface area contributed by atoms with E-state index in [1.165, 1.54) is 73.6 Å². The van der Waals surface area contributed by atoms with E-state index in [0.29, 0.717) is 0 Å². The fraction of sp³-hybridized carbons (Fsp3) is 0.520. The van der Waals surface area contributed by atoms with Crippen molar-refractivity contribution >= 4 is 0 Å². The highest BCUT2D eigenvalue weighted by Gasteiger charge is 2.20. The second-order valence-corrected chi connectivity index (χ2v) is 7.96. The summed E-state index contributed by atoms with van der Waals surface area (Å²) in [7, 11) is 0. The van der Waals surface area contributed by atoms with Gasteiger partial charge in [-0.1, -0.05) is 101 Å². The molecule has 2 aromatic carbocycles. The quantitative estimate of drug-likeness (QED) is 0.493. The van der Waals surface area contributed by atoms with Crippen LogP contribution in [0.2, 0.25) is 0 Å². The maximum Gasteiger partial charge on any atom is -0.0184 e. The van der Waals surface area contributed by atoms with E-state index in [1.807, 2.05) is 0 Å². The van der Waals surface area contributed by atoms with Gasteiger partial charge in [-0.05, 0) is 53.4 Å². The molecule has 0 spiro atoms. The molecule has 0 unspecified atom stereocenters. The third-order valence-electron chi connectivity index (χ3n) is 6.15. The van der Waals surface area contributed by atoms with Gasteiger partial charge in [-0.2, -0.15) is 0 Å². The van der Waals surface area contributed by atoms with Crippen molar-refractivity contribution in [3.05, 3.63) is 59.7 Å². The van der Waals surface area contributed by atoms with Crippen molar-refractivity contribution in [1.82, 2.24) is 0 Å². The van der Waals surface area contributed by atoms with Crippen LogP contribution in [0.4, 0.5) is 0 Å². The van der Waals surface area contributed by atoms with Gasteiger partial charge in [-0.15, -0.1) is 0 Å². The highest BCUT2D eigenvalue weighted by molar-refractivity contribution is 5.63. The summed E-state index contributed by atoms with van der Waals surface area (Å²) in [4.78, 5) is 0. The number of hydrogen-bond donors (Lipinski definition) is 0. The van der Waals surface area contributed by atoms with E-state index in [9.17, 15) is 0 Å². The van der Waals surface area contributed by atoms with Gasteiger partial charge in [0, 0.05) is 0 Å². The standard InChI is InChI=1S/C25H34/c1-3-5-21-6-8-22(9-7-21)10-11-23-14-18-25(19-15-23)24-16-12-20(4-2)13-17-24/h12-19,21-22H,3-11H2,1-2H3. The van der Waals surface area contributed by atoms with Crippen LogP contribution in [0.3, 0.4) is 0 Å². The number of hydrogen-bond acceptors (Lipinski definition) is 0. The summed E-state index contributed by atoms with van der Waals surface area (Å²) in [5, 5.41) is 0. The molecule has 134 valence electrons. The topological polar surface area (TPSA) is 0 Å². The lowest BCUT2D eigenvalue weighted by molar-refractivity contribution is 0.252. The third kappa shape index (κ3) is 5.21. The maximum absolute atomic E-state index is 2.34. The molecule has 0 saturated heterocycles. The first-order valence-corrected chi connectivity index (χ1v) is 10.5. The molecule has 0 aromatic heterocycles. The van der Waals surface area contributed by atoms with Crippen LogP contribution in [0.15, 0.2) is 48.5 Å². The summed E-state index contributed by atoms with van der Waals surface area (Å²) in [6.07, 6.45) is 12.4. The van der Waals surface area contributed by atoms with Gasteiger partial charge in [-0.3, -0.25) is 0 Å². The van der Waals surface area contributed by atoms with Gasteiger partial charge in [0.15, 0.2) is 0 Å². The van der Waals surface area contributed by atoms with Crippen LogP contribution < -0.4 is 0 Å². The second-order valence-electron chi connectivity index (χ2n) is 7.96. The van der Waals surface area contributed by atoms with Crippen LogP contribution in [-0.4, -0.2) is 0 Å². The van der Waals surface area contributed by atoms with Gasteiger partial charge in [0.25, 0.3) is 0 Å². The molecule has 0 amide bonds. The van der Waals surface area contributed by atoms with E-state index in [2.05, 4.69) is 62.4 Å². The summed E-state index contributed by atoms with van der Waals surface area (Å²) in [5.41, 5.74) is 5.59. The summed E-state index contributed by atoms with van der Waals surface area (Å²) in [6, 6.07) is 18.3. The van der Waals surface area contributed by atoms with Crippen molar-refractivity contribution < 1.29 is 0 Å². The van der Waals surface area contributed by atoms with E-state index in [0.717, 1.165) is 18.3 Å². The molecule has 1 fully saturated rings. The average molecular weight is 335 g/mol. The lowest BCUT2D eigenvalue weighted by Crippen LogP contribution is -2.15. The van der Waals surface area contributed by atoms with Crippen molar-refractivity contribution in [2.75, 3.05) is 0 Å². The highest BCUT2D eigenvalue weighted by atomic mass is 14.3. The van der Waals surface area contributed by atoms with Crippen molar-refractivity contribution in [2.45, 2.75) is 71.6 Å². The zero-order chi connectivity index (χ0) is 17.5. The van der Waals surface area contributed by atoms with Crippen LogP contribution in [0, 0.1) is 11.8 Å². The van der Waals surface area contributed by atoms with Gasteiger partial charge >= 0.3 is 0 Å². The number of benzene rings is 2. The van der Waals surface area contributed by atoms with Crippen LogP contribution >= 0.6 is 0 Å². The third-order valence-corrected chi connectivity index (χ3v) is 6.15. The van der Waals surface area contributed by atoms with Crippen LogP contribution in [0.5, 0.6) is 0 Å². The highest BCUT2D eigenvalue weighted by Crippen LogP contribution is 2.34. The molecule has 1 saturated carbocycles. The zero-order valence-corrected chi connectivity index (χ0v) is 16.1. The van der Waals surface area contributed by atoms with Crippen molar-refractivity contribution in [1.29, 1.82) is 0 Å². The number of rotatable bonds is 7. The lowest BCUT2D eigenvalue weighted by Gasteiger charge is -2.28. The minimum absolute atomic E-state index is 0.967. The normalized spacial score (nSPS) is 20.6. The second kappa shape index (κ2) is 9.22. The van der Waals surface area contributed by atoms with Crippen molar-refractivity contribution in [3.8, 4) is 11.1 Å². The molecule has 0 aliphatic heterocycles. The Morgan fingerprint density at radius 3 is 1.60 bits per heavy atom. The predicted octanol–water partition coefficient (Wildman–Crippen LogP) is 7.46. The van der Waals surface area contributed by atoms with Crippen LogP contribution in [-0.2, 0) is 12.8 Å². The fourth-order valence-electron chi connectivity index (χ4n) is 4.38. The van der Waals surface area contributed by atoms with Gasteiger partial charge < -0.3 is 0 Å². The molecule has 0 nitrogen and oxygen atoms in total. The molecule has 0 bridgehead atoms. The molecule has 1 aliphatic rings. The van der Waals surface area contributed by atoms with E-state index in [1.54, 1.807) is 0 Å². The molecular formula is C25H34. The predicted molar refractivity (Wildman–Crippen MR) is 110 cm³/mol. The number of aryl methyl sites for hydroxylation is 2. The Hall–Kier alpha value is -1.56. The van der Waals surface area contributed by atoms with Gasteiger partial charge in [-0.25, -0.2) is 0 Å². The van der Waals surface area contributed by atoms with Gasteiger partial charge in [0.1, 0.15) is 0 Å². The summed E-state index contributed by atoms with van der Waals surface area (Å²) in [5.74, 6) is 1.99. The van der Waals surface area contributed by atoms with Crippen molar-refractivity contribution in [2.24, 2.45) is 11.8 Å². The SMILES string of the molecule is CCCC1CCC(CCc2ccc(-c3ccc(CC)cc3)cc2)CC1. The average Bonchev–Trinajstić information content (AvgIpc) is 2.68. The Bertz CT molecular complexity index is 612. The minimum Gasteiger partial charge on any atom is -0.0654 e. The molecule has 25 heavy (non-hydrogen) atoms. The first-order chi connectivity index (χ1) is 12.3. The lowest BCUT2D eigenvalue weighted by atomic mass is 9.78. The zero-order valence-electron chi connectivity index (χ0n) is 16.1. The Kier molecular flexibility index (Phi) is 6.73. The molecule has 3 rings (SSSR count). The first kappa shape index (κ1) is 18.2.